The molecule has 162 valence electrons. The number of methoxy groups -OCH3 is 1. The second-order valence-electron chi connectivity index (χ2n) is 7.45. The standard InChI is InChI=1S/C24H23N5O3/c1-31-24(30)18-4-2-17(3-5-18)21-16-26-22(23-25-10-11-29(21)23)27-19-6-8-20(9-7-19)28-12-14-32-15-13-28/h2-11,16H,12-15H2,1H3,(H,26,27). The van der Waals surface area contributed by atoms with Gasteiger partial charge in [-0.3, -0.25) is 4.40 Å². The molecule has 0 aliphatic carbocycles. The van der Waals surface area contributed by atoms with E-state index in [-0.39, 0.29) is 5.97 Å². The number of anilines is 3. The zero-order chi connectivity index (χ0) is 21.9. The molecular weight excluding hydrogens is 406 g/mol. The molecule has 2 aromatic carbocycles. The van der Waals surface area contributed by atoms with Gasteiger partial charge in [-0.2, -0.15) is 0 Å². The van der Waals surface area contributed by atoms with Crippen molar-refractivity contribution in [2.24, 2.45) is 0 Å². The Morgan fingerprint density at radius 3 is 2.50 bits per heavy atom. The molecule has 1 aliphatic rings. The Kier molecular flexibility index (Phi) is 5.43. The number of esters is 1. The van der Waals surface area contributed by atoms with Gasteiger partial charge in [-0.1, -0.05) is 12.1 Å². The molecule has 0 spiro atoms. The molecule has 0 atom stereocenters. The molecule has 0 radical (unpaired) electrons. The van der Waals surface area contributed by atoms with Gasteiger partial charge in [0.2, 0.25) is 0 Å². The minimum atomic E-state index is -0.360. The summed E-state index contributed by atoms with van der Waals surface area (Å²) >= 11 is 0. The third kappa shape index (κ3) is 3.88. The molecule has 5 rings (SSSR count). The van der Waals surface area contributed by atoms with Crippen molar-refractivity contribution < 1.29 is 14.3 Å². The molecule has 32 heavy (non-hydrogen) atoms. The van der Waals surface area contributed by atoms with Crippen LogP contribution in [0.4, 0.5) is 17.2 Å². The number of rotatable bonds is 5. The molecule has 0 amide bonds. The summed E-state index contributed by atoms with van der Waals surface area (Å²) in [7, 11) is 1.37. The maximum absolute atomic E-state index is 11.7. The lowest BCUT2D eigenvalue weighted by Crippen LogP contribution is -2.36. The topological polar surface area (TPSA) is 81.0 Å². The summed E-state index contributed by atoms with van der Waals surface area (Å²) in [6.45, 7) is 3.34. The Morgan fingerprint density at radius 1 is 1.03 bits per heavy atom. The number of ether oxygens (including phenoxy) is 2. The van der Waals surface area contributed by atoms with Crippen LogP contribution in [0.5, 0.6) is 0 Å². The predicted octanol–water partition coefficient (Wildman–Crippen LogP) is 3.76. The molecule has 4 aromatic rings. The lowest BCUT2D eigenvalue weighted by atomic mass is 10.1. The monoisotopic (exact) mass is 429 g/mol. The quantitative estimate of drug-likeness (QED) is 0.484. The van der Waals surface area contributed by atoms with Crippen LogP contribution in [0.25, 0.3) is 16.9 Å². The predicted molar refractivity (Wildman–Crippen MR) is 123 cm³/mol. The van der Waals surface area contributed by atoms with Crippen LogP contribution in [-0.2, 0) is 9.47 Å². The van der Waals surface area contributed by atoms with Crippen LogP contribution in [0.1, 0.15) is 10.4 Å². The molecule has 0 bridgehead atoms. The smallest absolute Gasteiger partial charge is 0.337 e. The van der Waals surface area contributed by atoms with Crippen LogP contribution in [0, 0.1) is 0 Å². The average molecular weight is 429 g/mol. The Hall–Kier alpha value is -3.91. The van der Waals surface area contributed by atoms with Crippen molar-refractivity contribution in [3.05, 3.63) is 72.7 Å². The molecular formula is C24H23N5O3. The van der Waals surface area contributed by atoms with E-state index in [1.165, 1.54) is 12.8 Å². The second kappa shape index (κ2) is 8.68. The fraction of sp³-hybridized carbons (Fsp3) is 0.208. The van der Waals surface area contributed by atoms with Gasteiger partial charge in [0.15, 0.2) is 11.5 Å². The van der Waals surface area contributed by atoms with Crippen LogP contribution in [0.2, 0.25) is 0 Å². The van der Waals surface area contributed by atoms with Gasteiger partial charge >= 0.3 is 5.97 Å². The highest BCUT2D eigenvalue weighted by Crippen LogP contribution is 2.27. The first-order chi connectivity index (χ1) is 15.7. The van der Waals surface area contributed by atoms with Gasteiger partial charge in [0.25, 0.3) is 0 Å². The van der Waals surface area contributed by atoms with Crippen molar-refractivity contribution in [3.8, 4) is 11.3 Å². The molecule has 1 N–H and O–H groups in total. The normalized spacial score (nSPS) is 13.8. The summed E-state index contributed by atoms with van der Waals surface area (Å²) in [5, 5.41) is 3.37. The van der Waals surface area contributed by atoms with Gasteiger partial charge in [-0.25, -0.2) is 14.8 Å². The molecule has 1 aliphatic heterocycles. The van der Waals surface area contributed by atoms with Gasteiger partial charge in [0.05, 0.1) is 37.8 Å². The van der Waals surface area contributed by atoms with Crippen LogP contribution in [-0.4, -0.2) is 53.8 Å². The van der Waals surface area contributed by atoms with E-state index in [1.54, 1.807) is 24.5 Å². The van der Waals surface area contributed by atoms with E-state index < -0.39 is 0 Å². The molecule has 1 saturated heterocycles. The lowest BCUT2D eigenvalue weighted by molar-refractivity contribution is 0.0600. The zero-order valence-corrected chi connectivity index (χ0v) is 17.7. The Balaban J connectivity index is 1.39. The Labute approximate surface area is 185 Å². The molecule has 1 fully saturated rings. The largest absolute Gasteiger partial charge is 0.465 e. The number of nitrogens with one attached hydrogen (secondary N) is 1. The maximum atomic E-state index is 11.7. The highest BCUT2D eigenvalue weighted by molar-refractivity contribution is 5.90. The molecule has 0 saturated carbocycles. The number of carbonyl (C=O) groups excluding carboxylic acids is 1. The summed E-state index contributed by atoms with van der Waals surface area (Å²) < 4.78 is 12.2. The Bertz CT molecular complexity index is 1230. The van der Waals surface area contributed by atoms with Crippen LogP contribution >= 0.6 is 0 Å². The van der Waals surface area contributed by atoms with E-state index in [2.05, 4.69) is 32.3 Å². The van der Waals surface area contributed by atoms with E-state index in [0.29, 0.717) is 11.4 Å². The summed E-state index contributed by atoms with van der Waals surface area (Å²) in [5.41, 5.74) is 5.15. The Morgan fingerprint density at radius 2 is 1.78 bits per heavy atom. The van der Waals surface area contributed by atoms with Crippen LogP contribution in [0.15, 0.2) is 67.1 Å². The van der Waals surface area contributed by atoms with E-state index in [1.807, 2.05) is 34.9 Å². The minimum Gasteiger partial charge on any atom is -0.465 e. The zero-order valence-electron chi connectivity index (χ0n) is 17.7. The van der Waals surface area contributed by atoms with Crippen molar-refractivity contribution >= 4 is 28.8 Å². The number of hydrogen-bond acceptors (Lipinski definition) is 7. The number of aromatic nitrogens is 3. The van der Waals surface area contributed by atoms with Gasteiger partial charge < -0.3 is 19.7 Å². The van der Waals surface area contributed by atoms with Gasteiger partial charge in [-0.05, 0) is 36.4 Å². The number of morpholine rings is 1. The maximum Gasteiger partial charge on any atom is 0.337 e. The van der Waals surface area contributed by atoms with Gasteiger partial charge in [-0.15, -0.1) is 0 Å². The third-order valence-electron chi connectivity index (χ3n) is 5.54. The number of imidazole rings is 1. The number of fused-ring (bicyclic) bond motifs is 1. The highest BCUT2D eigenvalue weighted by atomic mass is 16.5. The van der Waals surface area contributed by atoms with Crippen LogP contribution < -0.4 is 10.2 Å². The molecule has 2 aromatic heterocycles. The van der Waals surface area contributed by atoms with E-state index in [9.17, 15) is 4.79 Å². The SMILES string of the molecule is COC(=O)c1ccc(-c2cnc(Nc3ccc(N4CCOCC4)cc3)c3nccn23)cc1. The summed E-state index contributed by atoms with van der Waals surface area (Å²) in [6.07, 6.45) is 5.44. The van der Waals surface area contributed by atoms with Crippen LogP contribution in [0.3, 0.4) is 0 Å². The number of benzene rings is 2. The fourth-order valence-electron chi connectivity index (χ4n) is 3.83. The summed E-state index contributed by atoms with van der Waals surface area (Å²) in [4.78, 5) is 23.1. The first-order valence-corrected chi connectivity index (χ1v) is 10.4. The second-order valence-corrected chi connectivity index (χ2v) is 7.45. The number of carbonyl (C=O) groups is 1. The van der Waals surface area contributed by atoms with Gasteiger partial charge in [0, 0.05) is 42.4 Å². The number of nitrogens with zero attached hydrogens (tertiary/aromatic N) is 4. The summed E-state index contributed by atoms with van der Waals surface area (Å²) in [6, 6.07) is 15.5. The third-order valence-corrected chi connectivity index (χ3v) is 5.54. The lowest BCUT2D eigenvalue weighted by Gasteiger charge is -2.28. The van der Waals surface area contributed by atoms with Gasteiger partial charge in [0.1, 0.15) is 0 Å². The summed E-state index contributed by atoms with van der Waals surface area (Å²) in [5.74, 6) is 0.311. The van der Waals surface area contributed by atoms with E-state index >= 15 is 0 Å². The molecule has 8 heteroatoms. The van der Waals surface area contributed by atoms with E-state index in [4.69, 9.17) is 9.47 Å². The molecule has 8 nitrogen and oxygen atoms in total. The molecule has 0 unspecified atom stereocenters. The van der Waals surface area contributed by atoms with Crippen molar-refractivity contribution in [1.82, 2.24) is 14.4 Å². The highest BCUT2D eigenvalue weighted by Gasteiger charge is 2.13. The van der Waals surface area contributed by atoms with Crippen molar-refractivity contribution in [1.29, 1.82) is 0 Å². The minimum absolute atomic E-state index is 0.360. The van der Waals surface area contributed by atoms with Crippen molar-refractivity contribution in [3.63, 3.8) is 0 Å². The molecule has 3 heterocycles. The van der Waals surface area contributed by atoms with E-state index in [0.717, 1.165) is 48.9 Å². The van der Waals surface area contributed by atoms with Crippen molar-refractivity contribution in [2.75, 3.05) is 43.6 Å². The fourth-order valence-corrected chi connectivity index (χ4v) is 3.83. The van der Waals surface area contributed by atoms with Crippen molar-refractivity contribution in [2.45, 2.75) is 0 Å². The number of hydrogen-bond donors (Lipinski definition) is 1. The average Bonchev–Trinajstić information content (AvgIpc) is 3.35. The first kappa shape index (κ1) is 20.0. The first-order valence-electron chi connectivity index (χ1n) is 10.4.